The minimum absolute atomic E-state index is 0.0611. The number of Topliss-reactive ketones (excluding diaryl/α,β-unsaturated/α-hetero) is 1. The minimum Gasteiger partial charge on any atom is -0.507 e. The van der Waals surface area contributed by atoms with Crippen molar-refractivity contribution >= 4 is 17.4 Å². The van der Waals surface area contributed by atoms with E-state index < -0.39 is 23.5 Å². The average Bonchev–Trinajstić information content (AvgIpc) is 3.36. The van der Waals surface area contributed by atoms with E-state index in [9.17, 15) is 19.1 Å². The average molecular weight is 441 g/mol. The molecule has 2 aromatic rings. The van der Waals surface area contributed by atoms with Crippen molar-refractivity contribution in [1.29, 1.82) is 0 Å². The zero-order chi connectivity index (χ0) is 22.8. The number of fused-ring (bicyclic) bond motifs is 1. The molecule has 1 atom stereocenters. The largest absolute Gasteiger partial charge is 0.507 e. The van der Waals surface area contributed by atoms with Gasteiger partial charge in [0.05, 0.1) is 37.8 Å². The van der Waals surface area contributed by atoms with Gasteiger partial charge in [-0.05, 0) is 49.7 Å². The summed E-state index contributed by atoms with van der Waals surface area (Å²) in [7, 11) is 0. The lowest BCUT2D eigenvalue weighted by atomic mass is 9.95. The number of halogens is 1. The number of likely N-dealkylation sites (tertiary alicyclic amines) is 1. The third-order valence-corrected chi connectivity index (χ3v) is 6.06. The van der Waals surface area contributed by atoms with Crippen molar-refractivity contribution in [3.05, 3.63) is 65.0 Å². The number of nitrogens with zero attached hydrogens (tertiary/aromatic N) is 1. The number of carbonyl (C=O) groups is 2. The van der Waals surface area contributed by atoms with Gasteiger partial charge in [-0.3, -0.25) is 9.59 Å². The molecular formula is C24H26FN2O5+. The maximum Gasteiger partial charge on any atom is 0.295 e. The van der Waals surface area contributed by atoms with Gasteiger partial charge in [0.25, 0.3) is 11.7 Å². The number of quaternary nitrogens is 1. The number of hydrogen-bond donors (Lipinski definition) is 2. The lowest BCUT2D eigenvalue weighted by Crippen LogP contribution is -3.12. The third kappa shape index (κ3) is 3.93. The summed E-state index contributed by atoms with van der Waals surface area (Å²) in [4.78, 5) is 28.7. The van der Waals surface area contributed by atoms with Crippen LogP contribution in [0.25, 0.3) is 5.76 Å². The van der Waals surface area contributed by atoms with Crippen molar-refractivity contribution in [1.82, 2.24) is 4.90 Å². The molecule has 1 fully saturated rings. The predicted molar refractivity (Wildman–Crippen MR) is 115 cm³/mol. The maximum atomic E-state index is 14.1. The molecule has 1 unspecified atom stereocenters. The van der Waals surface area contributed by atoms with Gasteiger partial charge in [-0.1, -0.05) is 12.1 Å². The standard InChI is InChI=1S/C24H25FN2O5/c1-3-26(4-2)10-11-27-21(15-6-5-7-17(25)12-15)20(23(29)24(27)30)22(28)16-8-9-18-19(13-16)32-14-31-18/h5-9,12-13,21,28H,3-4,10-11,14H2,1-2H3/p+1. The van der Waals surface area contributed by atoms with E-state index in [1.807, 2.05) is 0 Å². The summed E-state index contributed by atoms with van der Waals surface area (Å²) in [6.45, 7) is 6.87. The topological polar surface area (TPSA) is 80.5 Å². The van der Waals surface area contributed by atoms with Crippen molar-refractivity contribution in [3.8, 4) is 11.5 Å². The summed E-state index contributed by atoms with van der Waals surface area (Å²) in [6, 6.07) is 9.69. The van der Waals surface area contributed by atoms with Crippen LogP contribution in [0.2, 0.25) is 0 Å². The molecule has 2 aromatic carbocycles. The highest BCUT2D eigenvalue weighted by molar-refractivity contribution is 6.46. The van der Waals surface area contributed by atoms with Gasteiger partial charge in [-0.15, -0.1) is 0 Å². The second-order valence-corrected chi connectivity index (χ2v) is 7.82. The lowest BCUT2D eigenvalue weighted by Gasteiger charge is -2.27. The highest BCUT2D eigenvalue weighted by Crippen LogP contribution is 2.41. The number of benzene rings is 2. The van der Waals surface area contributed by atoms with Gasteiger partial charge in [0.1, 0.15) is 11.6 Å². The SMILES string of the molecule is CC[NH+](CC)CCN1C(=O)C(=O)C(=C(O)c2ccc3c(c2)OCO3)C1c1cccc(F)c1. The van der Waals surface area contributed by atoms with Crippen LogP contribution in [0.3, 0.4) is 0 Å². The Bertz CT molecular complexity index is 1080. The highest BCUT2D eigenvalue weighted by atomic mass is 19.1. The normalized spacial score (nSPS) is 19.2. The van der Waals surface area contributed by atoms with Crippen LogP contribution in [0.5, 0.6) is 11.5 Å². The molecule has 2 N–H and O–H groups in total. The van der Waals surface area contributed by atoms with Crippen LogP contribution in [0.1, 0.15) is 31.0 Å². The molecule has 7 nitrogen and oxygen atoms in total. The molecule has 0 radical (unpaired) electrons. The van der Waals surface area contributed by atoms with Gasteiger partial charge in [0.15, 0.2) is 11.5 Å². The molecule has 32 heavy (non-hydrogen) atoms. The Balaban J connectivity index is 1.79. The van der Waals surface area contributed by atoms with Crippen molar-refractivity contribution in [2.24, 2.45) is 0 Å². The summed E-state index contributed by atoms with van der Waals surface area (Å²) in [5.41, 5.74) is 0.693. The second-order valence-electron chi connectivity index (χ2n) is 7.82. The molecule has 8 heteroatoms. The van der Waals surface area contributed by atoms with E-state index >= 15 is 0 Å². The van der Waals surface area contributed by atoms with E-state index in [2.05, 4.69) is 13.8 Å². The van der Waals surface area contributed by atoms with Crippen LogP contribution in [-0.4, -0.2) is 54.7 Å². The Kier molecular flexibility index (Phi) is 6.14. The summed E-state index contributed by atoms with van der Waals surface area (Å²) in [5, 5.41) is 11.1. The highest BCUT2D eigenvalue weighted by Gasteiger charge is 2.46. The van der Waals surface area contributed by atoms with Crippen LogP contribution >= 0.6 is 0 Å². The summed E-state index contributed by atoms with van der Waals surface area (Å²) in [6.07, 6.45) is 0. The molecule has 0 bridgehead atoms. The molecule has 0 aromatic heterocycles. The number of hydrogen-bond acceptors (Lipinski definition) is 5. The van der Waals surface area contributed by atoms with E-state index in [1.54, 1.807) is 24.3 Å². The van der Waals surface area contributed by atoms with Crippen molar-refractivity contribution < 1.29 is 33.5 Å². The first-order valence-electron chi connectivity index (χ1n) is 10.7. The number of rotatable bonds is 7. The molecule has 4 rings (SSSR count). The first-order chi connectivity index (χ1) is 15.4. The Morgan fingerprint density at radius 1 is 1.12 bits per heavy atom. The quantitative estimate of drug-likeness (QED) is 0.390. The smallest absolute Gasteiger partial charge is 0.295 e. The number of aliphatic hydroxyl groups excluding tert-OH is 1. The first kappa shape index (κ1) is 21.8. The molecule has 2 aliphatic heterocycles. The van der Waals surface area contributed by atoms with Crippen LogP contribution in [0, 0.1) is 5.82 Å². The number of likely N-dealkylation sites (N-methyl/N-ethyl adjacent to an activating group) is 1. The number of amides is 1. The maximum absolute atomic E-state index is 14.1. The van der Waals surface area contributed by atoms with E-state index in [1.165, 1.54) is 28.0 Å². The molecule has 2 heterocycles. The van der Waals surface area contributed by atoms with Gasteiger partial charge in [-0.25, -0.2) is 4.39 Å². The third-order valence-electron chi connectivity index (χ3n) is 6.06. The van der Waals surface area contributed by atoms with Crippen LogP contribution in [0.4, 0.5) is 4.39 Å². The fourth-order valence-corrected chi connectivity index (χ4v) is 4.22. The number of ether oxygens (including phenoxy) is 2. The molecule has 2 aliphatic rings. The van der Waals surface area contributed by atoms with Crippen molar-refractivity contribution in [2.45, 2.75) is 19.9 Å². The Labute approximate surface area is 185 Å². The molecular weight excluding hydrogens is 415 g/mol. The van der Waals surface area contributed by atoms with E-state index in [-0.39, 0.29) is 18.1 Å². The summed E-state index contributed by atoms with van der Waals surface area (Å²) in [5.74, 6) is -1.32. The number of aliphatic hydroxyl groups is 1. The fourth-order valence-electron chi connectivity index (χ4n) is 4.22. The number of carbonyl (C=O) groups excluding carboxylic acids is 2. The van der Waals surface area contributed by atoms with Gasteiger partial charge in [0, 0.05) is 5.56 Å². The Morgan fingerprint density at radius 2 is 1.88 bits per heavy atom. The van der Waals surface area contributed by atoms with Crippen LogP contribution < -0.4 is 14.4 Å². The van der Waals surface area contributed by atoms with Crippen LogP contribution in [-0.2, 0) is 9.59 Å². The van der Waals surface area contributed by atoms with E-state index in [0.717, 1.165) is 13.1 Å². The molecule has 0 aliphatic carbocycles. The zero-order valence-electron chi connectivity index (χ0n) is 18.1. The molecule has 0 saturated carbocycles. The lowest BCUT2D eigenvalue weighted by molar-refractivity contribution is -0.895. The number of ketones is 1. The van der Waals surface area contributed by atoms with Gasteiger partial charge in [0.2, 0.25) is 6.79 Å². The predicted octanol–water partition coefficient (Wildman–Crippen LogP) is 1.90. The van der Waals surface area contributed by atoms with E-state index in [0.29, 0.717) is 35.7 Å². The molecule has 0 spiro atoms. The first-order valence-corrected chi connectivity index (χ1v) is 10.7. The monoisotopic (exact) mass is 441 g/mol. The second kappa shape index (κ2) is 9.00. The summed E-state index contributed by atoms with van der Waals surface area (Å²) >= 11 is 0. The van der Waals surface area contributed by atoms with Crippen molar-refractivity contribution in [2.75, 3.05) is 33.0 Å². The molecule has 168 valence electrons. The summed E-state index contributed by atoms with van der Waals surface area (Å²) < 4.78 is 24.7. The molecule has 1 saturated heterocycles. The Morgan fingerprint density at radius 3 is 2.59 bits per heavy atom. The van der Waals surface area contributed by atoms with Gasteiger partial charge < -0.3 is 24.4 Å². The number of nitrogens with one attached hydrogen (secondary N) is 1. The van der Waals surface area contributed by atoms with Gasteiger partial charge in [-0.2, -0.15) is 0 Å². The fraction of sp³-hybridized carbons (Fsp3) is 0.333. The minimum atomic E-state index is -0.883. The molecule has 1 amide bonds. The van der Waals surface area contributed by atoms with Crippen molar-refractivity contribution in [3.63, 3.8) is 0 Å². The van der Waals surface area contributed by atoms with Crippen LogP contribution in [0.15, 0.2) is 48.0 Å². The Hall–Kier alpha value is -3.39. The van der Waals surface area contributed by atoms with Gasteiger partial charge >= 0.3 is 0 Å². The van der Waals surface area contributed by atoms with E-state index in [4.69, 9.17) is 9.47 Å². The zero-order valence-corrected chi connectivity index (χ0v) is 18.1.